The molecule has 20 heavy (non-hydrogen) atoms. The number of nitrogens with one attached hydrogen (secondary N) is 1. The Bertz CT molecular complexity index is 548. The Morgan fingerprint density at radius 2 is 2.05 bits per heavy atom. The van der Waals surface area contributed by atoms with Crippen molar-refractivity contribution in [3.63, 3.8) is 0 Å². The molecule has 0 spiro atoms. The minimum atomic E-state index is -3.76. The second kappa shape index (κ2) is 7.04. The number of halogens is 3. The van der Waals surface area contributed by atoms with Gasteiger partial charge in [-0.15, -0.1) is 12.4 Å². The van der Waals surface area contributed by atoms with Crippen molar-refractivity contribution in [2.75, 3.05) is 6.54 Å². The van der Waals surface area contributed by atoms with E-state index in [-0.39, 0.29) is 34.3 Å². The molecule has 2 unspecified atom stereocenters. The van der Waals surface area contributed by atoms with Crippen molar-refractivity contribution in [2.24, 2.45) is 11.7 Å². The van der Waals surface area contributed by atoms with Crippen LogP contribution in [0.25, 0.3) is 0 Å². The lowest BCUT2D eigenvalue weighted by molar-refractivity contribution is 0.452. The van der Waals surface area contributed by atoms with Crippen LogP contribution in [-0.2, 0) is 10.0 Å². The van der Waals surface area contributed by atoms with Crippen molar-refractivity contribution in [1.82, 2.24) is 4.72 Å². The fourth-order valence-electron chi connectivity index (χ4n) is 2.43. The van der Waals surface area contributed by atoms with Crippen LogP contribution in [0.2, 0.25) is 5.02 Å². The zero-order chi connectivity index (χ0) is 14.0. The lowest BCUT2D eigenvalue weighted by Crippen LogP contribution is -2.39. The van der Waals surface area contributed by atoms with Crippen molar-refractivity contribution < 1.29 is 12.8 Å². The van der Waals surface area contributed by atoms with E-state index in [9.17, 15) is 12.8 Å². The number of nitrogens with two attached hydrogens (primary N) is 1. The smallest absolute Gasteiger partial charge is 0.240 e. The lowest BCUT2D eigenvalue weighted by Gasteiger charge is -2.19. The largest absolute Gasteiger partial charge is 0.330 e. The summed E-state index contributed by atoms with van der Waals surface area (Å²) in [6, 6.07) is 3.08. The lowest BCUT2D eigenvalue weighted by atomic mass is 10.1. The van der Waals surface area contributed by atoms with Crippen LogP contribution in [0.5, 0.6) is 0 Å². The molecule has 1 aromatic rings. The van der Waals surface area contributed by atoms with Gasteiger partial charge >= 0.3 is 0 Å². The maximum Gasteiger partial charge on any atom is 0.240 e. The van der Waals surface area contributed by atoms with Crippen LogP contribution in [0.15, 0.2) is 23.1 Å². The van der Waals surface area contributed by atoms with Crippen LogP contribution < -0.4 is 10.5 Å². The topological polar surface area (TPSA) is 72.2 Å². The van der Waals surface area contributed by atoms with Crippen LogP contribution in [0, 0.1) is 11.7 Å². The Kier molecular flexibility index (Phi) is 6.22. The highest BCUT2D eigenvalue weighted by molar-refractivity contribution is 7.89. The van der Waals surface area contributed by atoms with Crippen molar-refractivity contribution >= 4 is 34.0 Å². The summed E-state index contributed by atoms with van der Waals surface area (Å²) >= 11 is 5.68. The molecule has 0 aromatic heterocycles. The van der Waals surface area contributed by atoms with Gasteiger partial charge in [-0.05, 0) is 43.5 Å². The summed E-state index contributed by atoms with van der Waals surface area (Å²) in [4.78, 5) is -0.153. The zero-order valence-corrected chi connectivity index (χ0v) is 13.1. The second-order valence-electron chi connectivity index (χ2n) is 4.76. The van der Waals surface area contributed by atoms with E-state index in [4.69, 9.17) is 17.3 Å². The number of rotatable bonds is 4. The van der Waals surface area contributed by atoms with Crippen LogP contribution in [0.3, 0.4) is 0 Å². The second-order valence-corrected chi connectivity index (χ2v) is 6.91. The molecule has 0 aliphatic heterocycles. The van der Waals surface area contributed by atoms with E-state index in [2.05, 4.69) is 4.72 Å². The van der Waals surface area contributed by atoms with Gasteiger partial charge in [-0.2, -0.15) is 0 Å². The number of benzene rings is 1. The molecule has 0 amide bonds. The van der Waals surface area contributed by atoms with E-state index in [0.29, 0.717) is 6.54 Å². The quantitative estimate of drug-likeness (QED) is 0.881. The van der Waals surface area contributed by atoms with E-state index < -0.39 is 15.8 Å². The first-order valence-corrected chi connectivity index (χ1v) is 7.97. The average Bonchev–Trinajstić information content (AvgIpc) is 2.74. The Morgan fingerprint density at radius 1 is 1.35 bits per heavy atom. The van der Waals surface area contributed by atoms with E-state index in [0.717, 1.165) is 31.4 Å². The Labute approximate surface area is 129 Å². The van der Waals surface area contributed by atoms with Gasteiger partial charge < -0.3 is 5.73 Å². The summed E-state index contributed by atoms with van der Waals surface area (Å²) in [5, 5.41) is 0.0576. The maximum absolute atomic E-state index is 13.2. The molecule has 0 saturated heterocycles. The third kappa shape index (κ3) is 4.05. The monoisotopic (exact) mass is 342 g/mol. The van der Waals surface area contributed by atoms with Gasteiger partial charge in [-0.3, -0.25) is 0 Å². The summed E-state index contributed by atoms with van der Waals surface area (Å²) in [5.74, 6) is -0.534. The van der Waals surface area contributed by atoms with Gasteiger partial charge in [0.25, 0.3) is 0 Å². The molecule has 1 fully saturated rings. The molecule has 2 rings (SSSR count). The maximum atomic E-state index is 13.2. The van der Waals surface area contributed by atoms with Gasteiger partial charge in [0.15, 0.2) is 0 Å². The van der Waals surface area contributed by atoms with Crippen molar-refractivity contribution in [2.45, 2.75) is 30.2 Å². The normalized spacial score (nSPS) is 22.6. The third-order valence-corrected chi connectivity index (χ3v) is 5.10. The molecule has 4 nitrogen and oxygen atoms in total. The van der Waals surface area contributed by atoms with Gasteiger partial charge in [0.2, 0.25) is 10.0 Å². The summed E-state index contributed by atoms with van der Waals surface area (Å²) in [6.07, 6.45) is 2.61. The van der Waals surface area contributed by atoms with Crippen LogP contribution in [0.4, 0.5) is 4.39 Å². The van der Waals surface area contributed by atoms with Gasteiger partial charge in [0.1, 0.15) is 5.82 Å². The molecule has 1 aliphatic carbocycles. The third-order valence-electron chi connectivity index (χ3n) is 3.41. The fraction of sp³-hybridized carbons (Fsp3) is 0.500. The van der Waals surface area contributed by atoms with Crippen LogP contribution in [-0.4, -0.2) is 21.0 Å². The predicted octanol–water partition coefficient (Wildman–Crippen LogP) is 2.31. The zero-order valence-electron chi connectivity index (χ0n) is 10.7. The molecule has 0 radical (unpaired) electrons. The highest BCUT2D eigenvalue weighted by atomic mass is 35.5. The van der Waals surface area contributed by atoms with Gasteiger partial charge in [-0.25, -0.2) is 17.5 Å². The van der Waals surface area contributed by atoms with E-state index in [1.54, 1.807) is 0 Å². The van der Waals surface area contributed by atoms with Crippen molar-refractivity contribution in [3.05, 3.63) is 29.0 Å². The van der Waals surface area contributed by atoms with E-state index in [1.807, 2.05) is 0 Å². The molecule has 8 heteroatoms. The summed E-state index contributed by atoms with van der Waals surface area (Å²) in [5.41, 5.74) is 5.61. The van der Waals surface area contributed by atoms with Gasteiger partial charge in [0, 0.05) is 11.1 Å². The van der Waals surface area contributed by atoms with E-state index in [1.165, 1.54) is 6.07 Å². The SMILES string of the molecule is Cl.NCC1CCCC1NS(=O)(=O)c1cc(F)cc(Cl)c1. The molecular weight excluding hydrogens is 326 g/mol. The molecule has 114 valence electrons. The number of hydrogen-bond acceptors (Lipinski definition) is 3. The fourth-order valence-corrected chi connectivity index (χ4v) is 4.11. The summed E-state index contributed by atoms with van der Waals surface area (Å²) in [7, 11) is -3.76. The minimum Gasteiger partial charge on any atom is -0.330 e. The van der Waals surface area contributed by atoms with Crippen LogP contribution >= 0.6 is 24.0 Å². The van der Waals surface area contributed by atoms with Gasteiger partial charge in [0.05, 0.1) is 4.90 Å². The number of hydrogen-bond donors (Lipinski definition) is 2. The summed E-state index contributed by atoms with van der Waals surface area (Å²) in [6.45, 7) is 0.442. The molecule has 1 aromatic carbocycles. The molecule has 0 bridgehead atoms. The first-order valence-electron chi connectivity index (χ1n) is 6.11. The highest BCUT2D eigenvalue weighted by Gasteiger charge is 2.30. The first-order chi connectivity index (χ1) is 8.92. The van der Waals surface area contributed by atoms with Crippen molar-refractivity contribution in [1.29, 1.82) is 0 Å². The van der Waals surface area contributed by atoms with E-state index >= 15 is 0 Å². The molecule has 3 N–H and O–H groups in total. The Hall–Kier alpha value is -0.400. The minimum absolute atomic E-state index is 0. The predicted molar refractivity (Wildman–Crippen MR) is 79.2 cm³/mol. The van der Waals surface area contributed by atoms with Crippen molar-refractivity contribution in [3.8, 4) is 0 Å². The molecule has 1 saturated carbocycles. The molecule has 1 aliphatic rings. The molecule has 2 atom stereocenters. The van der Waals surface area contributed by atoms with Gasteiger partial charge in [-0.1, -0.05) is 18.0 Å². The molecule has 0 heterocycles. The van der Waals surface area contributed by atoms with Crippen LogP contribution in [0.1, 0.15) is 19.3 Å². The summed E-state index contributed by atoms with van der Waals surface area (Å²) < 4.78 is 40.2. The molecular formula is C12H17Cl2FN2O2S. The average molecular weight is 343 g/mol. The number of sulfonamides is 1. The highest BCUT2D eigenvalue weighted by Crippen LogP contribution is 2.27. The first kappa shape index (κ1) is 17.7. The Morgan fingerprint density at radius 3 is 2.65 bits per heavy atom. The Balaban J connectivity index is 0.00000200. The standard InChI is InChI=1S/C12H16ClFN2O2S.ClH/c13-9-4-10(14)6-11(5-9)19(17,18)16-12-3-1-2-8(12)7-15;/h4-6,8,12,16H,1-3,7,15H2;1H.